The van der Waals surface area contributed by atoms with Crippen molar-refractivity contribution in [2.24, 2.45) is 0 Å². The van der Waals surface area contributed by atoms with E-state index in [0.29, 0.717) is 16.6 Å². The van der Waals surface area contributed by atoms with Crippen molar-refractivity contribution >= 4 is 22.9 Å². The number of hydrogen-bond acceptors (Lipinski definition) is 5. The van der Waals surface area contributed by atoms with Crippen LogP contribution in [-0.4, -0.2) is 47.4 Å². The molecule has 1 amide bonds. The molecule has 0 fully saturated rings. The number of carbonyl (C=O) groups excluding carboxylic acids is 2. The van der Waals surface area contributed by atoms with Gasteiger partial charge in [0.1, 0.15) is 12.1 Å². The zero-order valence-electron chi connectivity index (χ0n) is 10.7. The molecule has 0 saturated heterocycles. The Morgan fingerprint density at radius 2 is 2.00 bits per heavy atom. The van der Waals surface area contributed by atoms with E-state index in [1.165, 1.54) is 25.3 Å². The molecule has 2 aromatic rings. The molecule has 2 rings (SSSR count). The average Bonchev–Trinajstić information content (AvgIpc) is 2.45. The fourth-order valence-electron chi connectivity index (χ4n) is 1.70. The summed E-state index contributed by atoms with van der Waals surface area (Å²) in [5, 5.41) is 0. The number of benzene rings is 1. The Morgan fingerprint density at radius 1 is 1.26 bits per heavy atom. The van der Waals surface area contributed by atoms with Crippen molar-refractivity contribution in [1.29, 1.82) is 0 Å². The summed E-state index contributed by atoms with van der Waals surface area (Å²) < 4.78 is 4.53. The summed E-state index contributed by atoms with van der Waals surface area (Å²) >= 11 is 0. The van der Waals surface area contributed by atoms with E-state index in [2.05, 4.69) is 14.7 Å². The highest BCUT2D eigenvalue weighted by Gasteiger charge is 2.18. The van der Waals surface area contributed by atoms with Gasteiger partial charge in [-0.05, 0) is 12.1 Å². The first-order valence-corrected chi connectivity index (χ1v) is 5.65. The molecule has 98 valence electrons. The first-order valence-electron chi connectivity index (χ1n) is 5.65. The van der Waals surface area contributed by atoms with Crippen LogP contribution < -0.4 is 0 Å². The van der Waals surface area contributed by atoms with Crippen molar-refractivity contribution in [3.63, 3.8) is 0 Å². The molecular weight excluding hydrogens is 246 g/mol. The van der Waals surface area contributed by atoms with Gasteiger partial charge >= 0.3 is 5.97 Å². The van der Waals surface area contributed by atoms with Gasteiger partial charge < -0.3 is 9.64 Å². The van der Waals surface area contributed by atoms with Crippen molar-refractivity contribution in [2.45, 2.75) is 0 Å². The van der Waals surface area contributed by atoms with Crippen molar-refractivity contribution in [3.05, 3.63) is 36.2 Å². The van der Waals surface area contributed by atoms with Gasteiger partial charge in [-0.3, -0.25) is 19.6 Å². The zero-order chi connectivity index (χ0) is 13.8. The topological polar surface area (TPSA) is 72.4 Å². The van der Waals surface area contributed by atoms with E-state index in [1.807, 2.05) is 0 Å². The Balaban J connectivity index is 2.34. The molecule has 0 N–H and O–H groups in total. The van der Waals surface area contributed by atoms with Crippen molar-refractivity contribution in [3.8, 4) is 0 Å². The summed E-state index contributed by atoms with van der Waals surface area (Å²) in [4.78, 5) is 33.0. The first kappa shape index (κ1) is 12.9. The van der Waals surface area contributed by atoms with Crippen molar-refractivity contribution < 1.29 is 14.3 Å². The number of esters is 1. The molecule has 19 heavy (non-hydrogen) atoms. The minimum Gasteiger partial charge on any atom is -0.468 e. The highest BCUT2D eigenvalue weighted by Crippen LogP contribution is 2.15. The number of hydrogen-bond donors (Lipinski definition) is 0. The van der Waals surface area contributed by atoms with Crippen LogP contribution in [0.5, 0.6) is 0 Å². The molecule has 0 aliphatic heterocycles. The molecule has 6 heteroatoms. The maximum Gasteiger partial charge on any atom is 0.325 e. The van der Waals surface area contributed by atoms with Gasteiger partial charge in [-0.15, -0.1) is 0 Å². The number of methoxy groups -OCH3 is 1. The third kappa shape index (κ3) is 2.67. The van der Waals surface area contributed by atoms with E-state index < -0.39 is 5.97 Å². The number of nitrogens with zero attached hydrogens (tertiary/aromatic N) is 3. The Morgan fingerprint density at radius 3 is 2.74 bits per heavy atom. The minimum absolute atomic E-state index is 0.105. The monoisotopic (exact) mass is 259 g/mol. The lowest BCUT2D eigenvalue weighted by atomic mass is 10.1. The summed E-state index contributed by atoms with van der Waals surface area (Å²) in [6.07, 6.45) is 3.09. The van der Waals surface area contributed by atoms with Crippen LogP contribution in [0.25, 0.3) is 11.0 Å². The predicted molar refractivity (Wildman–Crippen MR) is 68.5 cm³/mol. The molecule has 0 aliphatic carbocycles. The number of amides is 1. The normalized spacial score (nSPS) is 10.2. The molecule has 0 bridgehead atoms. The SMILES string of the molecule is COC(=O)CN(C)C(=O)c1cccc2nccnc12. The highest BCUT2D eigenvalue weighted by atomic mass is 16.5. The number of carbonyl (C=O) groups is 2. The smallest absolute Gasteiger partial charge is 0.325 e. The van der Waals surface area contributed by atoms with Crippen LogP contribution in [0.1, 0.15) is 10.4 Å². The van der Waals surface area contributed by atoms with Gasteiger partial charge in [0.2, 0.25) is 0 Å². The number of fused-ring (bicyclic) bond motifs is 1. The number of rotatable bonds is 3. The minimum atomic E-state index is -0.470. The number of aromatic nitrogens is 2. The quantitative estimate of drug-likeness (QED) is 0.765. The molecule has 0 saturated carbocycles. The predicted octanol–water partition coefficient (Wildman–Crippen LogP) is 0.875. The standard InChI is InChI=1S/C13H13N3O3/c1-16(8-11(17)19-2)13(18)9-4-3-5-10-12(9)15-7-6-14-10/h3-7H,8H2,1-2H3. The number of ether oxygens (including phenoxy) is 1. The van der Waals surface area contributed by atoms with E-state index in [-0.39, 0.29) is 12.5 Å². The van der Waals surface area contributed by atoms with Crippen LogP contribution >= 0.6 is 0 Å². The summed E-state index contributed by atoms with van der Waals surface area (Å²) in [5.41, 5.74) is 1.57. The Bertz CT molecular complexity index is 622. The fraction of sp³-hybridized carbons (Fsp3) is 0.231. The van der Waals surface area contributed by atoms with Crippen LogP contribution in [0.3, 0.4) is 0 Å². The zero-order valence-corrected chi connectivity index (χ0v) is 10.7. The van der Waals surface area contributed by atoms with Crippen molar-refractivity contribution in [1.82, 2.24) is 14.9 Å². The van der Waals surface area contributed by atoms with Gasteiger partial charge in [0, 0.05) is 19.4 Å². The van der Waals surface area contributed by atoms with E-state index in [1.54, 1.807) is 24.4 Å². The van der Waals surface area contributed by atoms with Crippen LogP contribution in [-0.2, 0) is 9.53 Å². The third-order valence-corrected chi connectivity index (χ3v) is 2.67. The van der Waals surface area contributed by atoms with Crippen molar-refractivity contribution in [2.75, 3.05) is 20.7 Å². The number of para-hydroxylation sites is 1. The molecule has 0 atom stereocenters. The van der Waals surface area contributed by atoms with Crippen LogP contribution in [0.2, 0.25) is 0 Å². The molecule has 6 nitrogen and oxygen atoms in total. The third-order valence-electron chi connectivity index (χ3n) is 2.67. The summed E-state index contributed by atoms with van der Waals surface area (Å²) in [7, 11) is 2.82. The second-order valence-corrected chi connectivity index (χ2v) is 3.97. The van der Waals surface area contributed by atoms with Gasteiger partial charge in [-0.2, -0.15) is 0 Å². The lowest BCUT2D eigenvalue weighted by molar-refractivity contribution is -0.141. The molecule has 0 radical (unpaired) electrons. The Kier molecular flexibility index (Phi) is 3.70. The van der Waals surface area contributed by atoms with Gasteiger partial charge in [0.05, 0.1) is 18.2 Å². The maximum absolute atomic E-state index is 12.3. The lowest BCUT2D eigenvalue weighted by Gasteiger charge is -2.16. The van der Waals surface area contributed by atoms with Crippen LogP contribution in [0.4, 0.5) is 0 Å². The van der Waals surface area contributed by atoms with E-state index >= 15 is 0 Å². The first-order chi connectivity index (χ1) is 9.13. The lowest BCUT2D eigenvalue weighted by Crippen LogP contribution is -2.32. The maximum atomic E-state index is 12.3. The summed E-state index contributed by atoms with van der Waals surface area (Å²) in [6.45, 7) is -0.105. The second-order valence-electron chi connectivity index (χ2n) is 3.97. The Hall–Kier alpha value is -2.50. The van der Waals surface area contributed by atoms with E-state index in [0.717, 1.165) is 0 Å². The van der Waals surface area contributed by atoms with Gasteiger partial charge in [-0.1, -0.05) is 6.07 Å². The Labute approximate surface area is 110 Å². The van der Waals surface area contributed by atoms with E-state index in [9.17, 15) is 9.59 Å². The molecule has 1 heterocycles. The molecular formula is C13H13N3O3. The molecule has 1 aromatic heterocycles. The average molecular weight is 259 g/mol. The van der Waals surface area contributed by atoms with Gasteiger partial charge in [0.15, 0.2) is 0 Å². The molecule has 0 spiro atoms. The van der Waals surface area contributed by atoms with E-state index in [4.69, 9.17) is 0 Å². The summed E-state index contributed by atoms with van der Waals surface area (Å²) in [5.74, 6) is -0.765. The van der Waals surface area contributed by atoms with Gasteiger partial charge in [-0.25, -0.2) is 0 Å². The molecule has 1 aromatic carbocycles. The highest BCUT2D eigenvalue weighted by molar-refractivity contribution is 6.05. The van der Waals surface area contributed by atoms with Crippen LogP contribution in [0.15, 0.2) is 30.6 Å². The second kappa shape index (κ2) is 5.43. The summed E-state index contributed by atoms with van der Waals surface area (Å²) in [6, 6.07) is 5.17. The molecule has 0 unspecified atom stereocenters. The van der Waals surface area contributed by atoms with Gasteiger partial charge in [0.25, 0.3) is 5.91 Å². The van der Waals surface area contributed by atoms with Crippen LogP contribution in [0, 0.1) is 0 Å². The largest absolute Gasteiger partial charge is 0.468 e. The fourth-order valence-corrected chi connectivity index (χ4v) is 1.70. The molecule has 0 aliphatic rings. The number of likely N-dealkylation sites (N-methyl/N-ethyl adjacent to an activating group) is 1.